The molecule has 6 rings (SSSR count). The number of amides is 3. The summed E-state index contributed by atoms with van der Waals surface area (Å²) in [6.45, 7) is 4.36. The molecule has 3 heterocycles. The van der Waals surface area contributed by atoms with E-state index in [1.807, 2.05) is 67.6 Å². The third kappa shape index (κ3) is 4.48. The lowest BCUT2D eigenvalue weighted by Gasteiger charge is -2.36. The fourth-order valence-electron chi connectivity index (χ4n) is 7.11. The molecule has 7 atom stereocenters. The number of aryl methyl sites for hydroxylation is 1. The second kappa shape index (κ2) is 10.4. The fraction of sp³-hybridized carbons (Fsp3) is 0.469. The van der Waals surface area contributed by atoms with Gasteiger partial charge in [0.2, 0.25) is 17.7 Å². The molecular weight excluding hydrogens is 506 g/mol. The highest BCUT2D eigenvalue weighted by Gasteiger charge is 2.72. The van der Waals surface area contributed by atoms with Crippen LogP contribution in [0.2, 0.25) is 0 Å². The first kappa shape index (κ1) is 26.6. The topological polar surface area (TPSA) is 97.0 Å². The van der Waals surface area contributed by atoms with Crippen molar-refractivity contribution < 1.29 is 23.9 Å². The summed E-state index contributed by atoms with van der Waals surface area (Å²) in [5.41, 5.74) is 1.38. The van der Waals surface area contributed by atoms with Crippen molar-refractivity contribution in [2.75, 3.05) is 12.4 Å². The highest BCUT2D eigenvalue weighted by atomic mass is 16.5. The number of fused-ring (bicyclic) bond motifs is 1. The van der Waals surface area contributed by atoms with E-state index in [0.29, 0.717) is 17.4 Å². The molecule has 8 nitrogen and oxygen atoms in total. The molecule has 2 N–H and O–H groups in total. The first-order valence-electron chi connectivity index (χ1n) is 14.3. The molecule has 1 aliphatic carbocycles. The van der Waals surface area contributed by atoms with E-state index < -0.39 is 29.6 Å². The lowest BCUT2D eigenvalue weighted by atomic mass is 9.74. The largest absolute Gasteiger partial charge is 0.497 e. The number of hydrogen-bond donors (Lipinski definition) is 2. The lowest BCUT2D eigenvalue weighted by molar-refractivity contribution is -0.142. The molecule has 2 aromatic carbocycles. The molecule has 2 saturated heterocycles. The van der Waals surface area contributed by atoms with Crippen LogP contribution in [-0.4, -0.2) is 53.5 Å². The predicted molar refractivity (Wildman–Crippen MR) is 150 cm³/mol. The number of nitrogens with zero attached hydrogens (tertiary/aromatic N) is 1. The third-order valence-electron chi connectivity index (χ3n) is 9.16. The number of benzene rings is 2. The Morgan fingerprint density at radius 1 is 1.10 bits per heavy atom. The van der Waals surface area contributed by atoms with Crippen LogP contribution in [0.15, 0.2) is 60.7 Å². The first-order valence-corrected chi connectivity index (χ1v) is 14.3. The summed E-state index contributed by atoms with van der Waals surface area (Å²) in [6, 6.07) is 14.2. The zero-order chi connectivity index (χ0) is 28.0. The monoisotopic (exact) mass is 543 g/mol. The van der Waals surface area contributed by atoms with Gasteiger partial charge < -0.3 is 25.0 Å². The average molecular weight is 544 g/mol. The van der Waals surface area contributed by atoms with E-state index in [2.05, 4.69) is 17.6 Å². The lowest BCUT2D eigenvalue weighted by Crippen LogP contribution is -2.57. The molecule has 40 heavy (non-hydrogen) atoms. The minimum atomic E-state index is -1.19. The van der Waals surface area contributed by atoms with Gasteiger partial charge in [-0.25, -0.2) is 0 Å². The average Bonchev–Trinajstić information content (AvgIpc) is 3.58. The van der Waals surface area contributed by atoms with Gasteiger partial charge >= 0.3 is 0 Å². The van der Waals surface area contributed by atoms with E-state index in [1.54, 1.807) is 12.0 Å². The predicted octanol–water partition coefficient (Wildman–Crippen LogP) is 3.99. The van der Waals surface area contributed by atoms with Gasteiger partial charge in [0, 0.05) is 18.3 Å². The van der Waals surface area contributed by atoms with Gasteiger partial charge in [-0.2, -0.15) is 0 Å². The van der Waals surface area contributed by atoms with Crippen LogP contribution in [0.3, 0.4) is 0 Å². The molecule has 3 amide bonds. The van der Waals surface area contributed by atoms with Gasteiger partial charge in [0.25, 0.3) is 0 Å². The molecule has 1 spiro atoms. The van der Waals surface area contributed by atoms with Crippen molar-refractivity contribution in [3.8, 4) is 5.75 Å². The maximum absolute atomic E-state index is 14.2. The van der Waals surface area contributed by atoms with Gasteiger partial charge in [-0.15, -0.1) is 0 Å². The molecule has 3 aliphatic heterocycles. The van der Waals surface area contributed by atoms with E-state index in [0.717, 1.165) is 36.8 Å². The van der Waals surface area contributed by atoms with E-state index >= 15 is 0 Å². The third-order valence-corrected chi connectivity index (χ3v) is 9.16. The second-order valence-corrected chi connectivity index (χ2v) is 11.8. The Bertz CT molecular complexity index is 1340. The molecule has 1 saturated carbocycles. The molecule has 2 bridgehead atoms. The number of anilines is 1. The van der Waals surface area contributed by atoms with Crippen molar-refractivity contribution in [1.82, 2.24) is 10.2 Å². The standard InChI is InChI=1S/C32H37N3O5/c1-19-7-6-9-22(17-19)33-29(36)26-25-15-16-32(40-25)27(26)31(38)35(18-21-11-13-23(39-3)14-12-21)28(32)30(37)34-24-10-5-4-8-20(24)2/h6-7,9,11-17,20,24-28H,4-5,8,10,18H2,1-3H3,(H,33,36)(H,34,37)/t20-,24-,25+,26+,27+,28-,32-/m0/s1. The highest BCUT2D eigenvalue weighted by Crippen LogP contribution is 2.55. The van der Waals surface area contributed by atoms with Gasteiger partial charge in [0.15, 0.2) is 0 Å². The van der Waals surface area contributed by atoms with Crippen LogP contribution in [0, 0.1) is 24.7 Å². The van der Waals surface area contributed by atoms with Gasteiger partial charge in [0.1, 0.15) is 17.4 Å². The van der Waals surface area contributed by atoms with Crippen molar-refractivity contribution in [3.05, 3.63) is 71.8 Å². The zero-order valence-electron chi connectivity index (χ0n) is 23.3. The normalized spacial score (nSPS) is 32.2. The van der Waals surface area contributed by atoms with Crippen LogP contribution in [0.25, 0.3) is 0 Å². The van der Waals surface area contributed by atoms with Gasteiger partial charge in [-0.1, -0.05) is 56.2 Å². The Morgan fingerprint density at radius 3 is 2.60 bits per heavy atom. The van der Waals surface area contributed by atoms with Crippen LogP contribution in [-0.2, 0) is 25.7 Å². The Hall–Kier alpha value is -3.65. The molecule has 0 radical (unpaired) electrons. The second-order valence-electron chi connectivity index (χ2n) is 11.8. The van der Waals surface area contributed by atoms with Crippen molar-refractivity contribution in [1.29, 1.82) is 0 Å². The number of likely N-dealkylation sites (tertiary alicyclic amines) is 1. The maximum Gasteiger partial charge on any atom is 0.246 e. The van der Waals surface area contributed by atoms with Crippen LogP contribution in [0.5, 0.6) is 5.75 Å². The Balaban J connectivity index is 1.32. The molecule has 8 heteroatoms. The number of hydrogen-bond acceptors (Lipinski definition) is 5. The van der Waals surface area contributed by atoms with Gasteiger partial charge in [-0.3, -0.25) is 14.4 Å². The minimum Gasteiger partial charge on any atom is -0.497 e. The minimum absolute atomic E-state index is 0.0534. The number of carbonyl (C=O) groups excluding carboxylic acids is 3. The number of ether oxygens (including phenoxy) is 2. The number of nitrogens with one attached hydrogen (secondary N) is 2. The summed E-state index contributed by atoms with van der Waals surface area (Å²) in [5, 5.41) is 6.27. The Labute approximate surface area is 235 Å². The van der Waals surface area contributed by atoms with Crippen molar-refractivity contribution in [2.45, 2.75) is 69.9 Å². The van der Waals surface area contributed by atoms with E-state index in [4.69, 9.17) is 9.47 Å². The van der Waals surface area contributed by atoms with Crippen LogP contribution < -0.4 is 15.4 Å². The smallest absolute Gasteiger partial charge is 0.246 e. The molecule has 210 valence electrons. The maximum atomic E-state index is 14.2. The summed E-state index contributed by atoms with van der Waals surface area (Å²) in [6.07, 6.45) is 7.37. The van der Waals surface area contributed by atoms with E-state index in [1.165, 1.54) is 0 Å². The number of carbonyl (C=O) groups is 3. The van der Waals surface area contributed by atoms with E-state index in [-0.39, 0.29) is 30.3 Å². The fourth-order valence-corrected chi connectivity index (χ4v) is 7.11. The van der Waals surface area contributed by atoms with Gasteiger partial charge in [0.05, 0.1) is 25.0 Å². The molecule has 0 aromatic heterocycles. The highest BCUT2D eigenvalue weighted by molar-refractivity contribution is 6.02. The summed E-state index contributed by atoms with van der Waals surface area (Å²) < 4.78 is 11.8. The molecule has 3 fully saturated rings. The molecule has 2 aromatic rings. The number of rotatable bonds is 7. The van der Waals surface area contributed by atoms with Crippen molar-refractivity contribution in [3.63, 3.8) is 0 Å². The zero-order valence-corrected chi connectivity index (χ0v) is 23.3. The van der Waals surface area contributed by atoms with Crippen molar-refractivity contribution in [2.24, 2.45) is 17.8 Å². The Morgan fingerprint density at radius 2 is 1.88 bits per heavy atom. The molecule has 0 unspecified atom stereocenters. The quantitative estimate of drug-likeness (QED) is 0.515. The molecular formula is C32H37N3O5. The van der Waals surface area contributed by atoms with Crippen LogP contribution in [0.1, 0.15) is 43.7 Å². The van der Waals surface area contributed by atoms with Crippen LogP contribution in [0.4, 0.5) is 5.69 Å². The summed E-state index contributed by atoms with van der Waals surface area (Å²) in [7, 11) is 1.61. The summed E-state index contributed by atoms with van der Waals surface area (Å²) >= 11 is 0. The molecule has 4 aliphatic rings. The summed E-state index contributed by atoms with van der Waals surface area (Å²) in [5.74, 6) is -1.16. The van der Waals surface area contributed by atoms with E-state index in [9.17, 15) is 14.4 Å². The van der Waals surface area contributed by atoms with Crippen LogP contribution >= 0.6 is 0 Å². The summed E-state index contributed by atoms with van der Waals surface area (Å²) in [4.78, 5) is 43.6. The first-order chi connectivity index (χ1) is 19.3. The SMILES string of the molecule is COc1ccc(CN2C(=O)[C@H]3[C@H](C(=O)Nc4cccc(C)c4)[C@H]4C=C[C@@]3(O4)[C@@H]2C(=O)N[C@H]2CCCC[C@@H]2C)cc1. The van der Waals surface area contributed by atoms with Gasteiger partial charge in [-0.05, 0) is 61.1 Å². The number of methoxy groups -OCH3 is 1. The Kier molecular flexibility index (Phi) is 6.90. The van der Waals surface area contributed by atoms with Crippen molar-refractivity contribution >= 4 is 23.4 Å².